The Labute approximate surface area is 119 Å². The fourth-order valence-corrected chi connectivity index (χ4v) is 4.56. The first-order chi connectivity index (χ1) is 9.36. The second kappa shape index (κ2) is 5.59. The van der Waals surface area contributed by atoms with E-state index in [1.54, 1.807) is 5.69 Å². The Morgan fingerprint density at radius 3 is 3.00 bits per heavy atom. The highest BCUT2D eigenvalue weighted by Crippen LogP contribution is 2.43. The Balaban J connectivity index is 2.21. The van der Waals surface area contributed by atoms with Gasteiger partial charge in [-0.15, -0.1) is 11.8 Å². The average molecular weight is 274 g/mol. The van der Waals surface area contributed by atoms with Gasteiger partial charge in [0, 0.05) is 40.5 Å². The van der Waals surface area contributed by atoms with Crippen molar-refractivity contribution in [2.45, 2.75) is 37.1 Å². The summed E-state index contributed by atoms with van der Waals surface area (Å²) in [7, 11) is 2.06. The van der Waals surface area contributed by atoms with Crippen molar-refractivity contribution in [3.05, 3.63) is 30.0 Å². The van der Waals surface area contributed by atoms with Gasteiger partial charge < -0.3 is 9.88 Å². The van der Waals surface area contributed by atoms with Crippen LogP contribution >= 0.6 is 11.8 Å². The number of hydrogen-bond acceptors (Lipinski definition) is 2. The summed E-state index contributed by atoms with van der Waals surface area (Å²) in [5.41, 5.74) is 3.00. The Morgan fingerprint density at radius 1 is 1.37 bits per heavy atom. The Morgan fingerprint density at radius 2 is 2.21 bits per heavy atom. The molecule has 1 aromatic heterocycles. The van der Waals surface area contributed by atoms with Crippen LogP contribution in [0.3, 0.4) is 0 Å². The molecule has 3 heteroatoms. The molecule has 0 fully saturated rings. The van der Waals surface area contributed by atoms with Crippen LogP contribution in [0.2, 0.25) is 0 Å². The largest absolute Gasteiger partial charge is 0.343 e. The van der Waals surface area contributed by atoms with Gasteiger partial charge in [-0.1, -0.05) is 25.1 Å². The number of para-hydroxylation sites is 1. The molecule has 2 heterocycles. The molecule has 0 amide bonds. The molecule has 1 N–H and O–H groups in total. The molecule has 1 atom stereocenters. The van der Waals surface area contributed by atoms with Crippen molar-refractivity contribution < 1.29 is 0 Å². The molecule has 3 rings (SSSR count). The normalized spacial score (nSPS) is 18.7. The zero-order valence-corrected chi connectivity index (χ0v) is 12.6. The Kier molecular flexibility index (Phi) is 3.85. The quantitative estimate of drug-likeness (QED) is 0.912. The first-order valence-corrected chi connectivity index (χ1v) is 8.24. The predicted molar refractivity (Wildman–Crippen MR) is 84.2 cm³/mol. The second-order valence-corrected chi connectivity index (χ2v) is 6.38. The summed E-state index contributed by atoms with van der Waals surface area (Å²) in [5.74, 6) is 1.92. The minimum Gasteiger partial charge on any atom is -0.343 e. The van der Waals surface area contributed by atoms with Gasteiger partial charge in [0.2, 0.25) is 0 Å². The Hall–Kier alpha value is -0.930. The number of nitrogens with one attached hydrogen (secondary N) is 1. The molecule has 0 aliphatic carbocycles. The summed E-state index contributed by atoms with van der Waals surface area (Å²) >= 11 is 2.05. The highest BCUT2D eigenvalue weighted by Gasteiger charge is 2.27. The highest BCUT2D eigenvalue weighted by molar-refractivity contribution is 7.99. The maximum atomic E-state index is 3.37. The summed E-state index contributed by atoms with van der Waals surface area (Å²) in [5, 5.41) is 4.82. The highest BCUT2D eigenvalue weighted by atomic mass is 32.2. The van der Waals surface area contributed by atoms with E-state index in [0.29, 0.717) is 5.92 Å². The number of hydrogen-bond donors (Lipinski definition) is 1. The number of benzene rings is 1. The minimum absolute atomic E-state index is 0.667. The lowest BCUT2D eigenvalue weighted by Crippen LogP contribution is -2.23. The van der Waals surface area contributed by atoms with Crippen LogP contribution in [0.5, 0.6) is 0 Å². The monoisotopic (exact) mass is 274 g/mol. The molecule has 2 aromatic rings. The predicted octanol–water partition coefficient (Wildman–Crippen LogP) is 3.85. The van der Waals surface area contributed by atoms with E-state index >= 15 is 0 Å². The van der Waals surface area contributed by atoms with E-state index in [4.69, 9.17) is 0 Å². The second-order valence-electron chi connectivity index (χ2n) is 5.27. The van der Waals surface area contributed by atoms with Crippen molar-refractivity contribution in [2.75, 3.05) is 19.3 Å². The van der Waals surface area contributed by atoms with Crippen LogP contribution in [0.15, 0.2) is 29.2 Å². The molecule has 1 aliphatic rings. The third-order valence-corrected chi connectivity index (χ3v) is 5.12. The van der Waals surface area contributed by atoms with E-state index in [1.807, 2.05) is 11.8 Å². The summed E-state index contributed by atoms with van der Waals surface area (Å²) in [6, 6.07) is 8.90. The summed E-state index contributed by atoms with van der Waals surface area (Å²) in [4.78, 5) is 1.54. The maximum Gasteiger partial charge on any atom is 0.0494 e. The maximum absolute atomic E-state index is 3.37. The van der Waals surface area contributed by atoms with Gasteiger partial charge >= 0.3 is 0 Å². The average Bonchev–Trinajstić information content (AvgIpc) is 2.76. The van der Waals surface area contributed by atoms with Gasteiger partial charge in [-0.3, -0.25) is 0 Å². The lowest BCUT2D eigenvalue weighted by molar-refractivity contribution is 0.542. The molecule has 1 aliphatic heterocycles. The van der Waals surface area contributed by atoms with Crippen LogP contribution in [0.1, 0.15) is 31.4 Å². The number of aromatic nitrogens is 1. The van der Waals surface area contributed by atoms with E-state index in [0.717, 1.165) is 13.1 Å². The lowest BCUT2D eigenvalue weighted by Gasteiger charge is -2.25. The van der Waals surface area contributed by atoms with Gasteiger partial charge in [0.1, 0.15) is 0 Å². The molecule has 102 valence electrons. The van der Waals surface area contributed by atoms with Crippen molar-refractivity contribution in [1.29, 1.82) is 0 Å². The van der Waals surface area contributed by atoms with Gasteiger partial charge in [-0.2, -0.15) is 0 Å². The summed E-state index contributed by atoms with van der Waals surface area (Å²) in [6.45, 7) is 4.49. The van der Waals surface area contributed by atoms with E-state index in [-0.39, 0.29) is 0 Å². The topological polar surface area (TPSA) is 17.0 Å². The standard InChI is InChI=1S/C16H22N2S/c1-3-9-18-14-7-5-4-6-13(14)16-15(18)12(11-17-2)8-10-19-16/h4-7,12,17H,3,8-11H2,1-2H3. The van der Waals surface area contributed by atoms with E-state index in [2.05, 4.69) is 48.1 Å². The van der Waals surface area contributed by atoms with Crippen LogP contribution < -0.4 is 5.32 Å². The first-order valence-electron chi connectivity index (χ1n) is 7.25. The molecule has 0 radical (unpaired) electrons. The minimum atomic E-state index is 0.667. The summed E-state index contributed by atoms with van der Waals surface area (Å²) < 4.78 is 2.57. The molecule has 0 saturated heterocycles. The van der Waals surface area contributed by atoms with E-state index in [9.17, 15) is 0 Å². The molecular formula is C16H22N2S. The van der Waals surface area contributed by atoms with Crippen LogP contribution in [-0.2, 0) is 6.54 Å². The van der Waals surface area contributed by atoms with Gasteiger partial charge in [0.05, 0.1) is 0 Å². The fourth-order valence-electron chi connectivity index (χ4n) is 3.20. The SMILES string of the molecule is CCCn1c2c(c3ccccc31)SCCC2CNC. The molecule has 0 spiro atoms. The molecule has 0 saturated carbocycles. The van der Waals surface area contributed by atoms with E-state index in [1.165, 1.54) is 34.4 Å². The fraction of sp³-hybridized carbons (Fsp3) is 0.500. The number of nitrogens with zero attached hydrogens (tertiary/aromatic N) is 1. The summed E-state index contributed by atoms with van der Waals surface area (Å²) in [6.07, 6.45) is 2.49. The van der Waals surface area contributed by atoms with Gasteiger partial charge in [-0.25, -0.2) is 0 Å². The number of likely N-dealkylation sites (N-methyl/N-ethyl adjacent to an activating group) is 1. The van der Waals surface area contributed by atoms with Crippen molar-refractivity contribution in [1.82, 2.24) is 9.88 Å². The van der Waals surface area contributed by atoms with E-state index < -0.39 is 0 Å². The van der Waals surface area contributed by atoms with Crippen molar-refractivity contribution in [3.63, 3.8) is 0 Å². The van der Waals surface area contributed by atoms with Crippen LogP contribution in [0.25, 0.3) is 10.9 Å². The molecule has 2 nitrogen and oxygen atoms in total. The zero-order valence-electron chi connectivity index (χ0n) is 11.8. The Bertz CT molecular complexity index is 573. The smallest absolute Gasteiger partial charge is 0.0494 e. The number of rotatable bonds is 4. The molecule has 0 bridgehead atoms. The van der Waals surface area contributed by atoms with Crippen LogP contribution in [0, 0.1) is 0 Å². The van der Waals surface area contributed by atoms with Gasteiger partial charge in [0.15, 0.2) is 0 Å². The zero-order chi connectivity index (χ0) is 13.2. The third kappa shape index (κ3) is 2.19. The van der Waals surface area contributed by atoms with Crippen LogP contribution in [-0.4, -0.2) is 23.9 Å². The number of aryl methyl sites for hydroxylation is 1. The van der Waals surface area contributed by atoms with Crippen molar-refractivity contribution >= 4 is 22.7 Å². The first kappa shape index (κ1) is 13.1. The van der Waals surface area contributed by atoms with Gasteiger partial charge in [0.25, 0.3) is 0 Å². The molecule has 19 heavy (non-hydrogen) atoms. The number of fused-ring (bicyclic) bond motifs is 3. The lowest BCUT2D eigenvalue weighted by atomic mass is 10.0. The van der Waals surface area contributed by atoms with Gasteiger partial charge in [-0.05, 0) is 31.7 Å². The van der Waals surface area contributed by atoms with Crippen LogP contribution in [0.4, 0.5) is 0 Å². The number of thioether (sulfide) groups is 1. The van der Waals surface area contributed by atoms with Crippen molar-refractivity contribution in [3.8, 4) is 0 Å². The van der Waals surface area contributed by atoms with Crippen molar-refractivity contribution in [2.24, 2.45) is 0 Å². The molecule has 1 aromatic carbocycles. The molecule has 1 unspecified atom stereocenters. The third-order valence-electron chi connectivity index (χ3n) is 3.96. The molecular weight excluding hydrogens is 252 g/mol.